The molecule has 0 saturated heterocycles. The van der Waals surface area contributed by atoms with E-state index in [2.05, 4.69) is 19.9 Å². The van der Waals surface area contributed by atoms with Crippen LogP contribution in [0.1, 0.15) is 24.8 Å². The molecule has 11 heteroatoms. The number of imidazole rings is 1. The topological polar surface area (TPSA) is 107 Å². The highest BCUT2D eigenvalue weighted by Gasteiger charge is 2.31. The lowest BCUT2D eigenvalue weighted by Crippen LogP contribution is -2.27. The summed E-state index contributed by atoms with van der Waals surface area (Å²) in [6.07, 6.45) is 0.493. The molecular weight excluding hydrogens is 451 g/mol. The maximum atomic E-state index is 12.9. The first-order valence-electron chi connectivity index (χ1n) is 10.6. The van der Waals surface area contributed by atoms with Crippen LogP contribution in [0.2, 0.25) is 0 Å². The zero-order valence-electron chi connectivity index (χ0n) is 17.7. The van der Waals surface area contributed by atoms with E-state index in [1.54, 1.807) is 30.6 Å². The smallest absolute Gasteiger partial charge is 0.416 e. The van der Waals surface area contributed by atoms with E-state index in [4.69, 9.17) is 15.2 Å². The maximum Gasteiger partial charge on any atom is 0.416 e. The van der Waals surface area contributed by atoms with E-state index in [1.165, 1.54) is 6.07 Å². The number of alkyl halides is 3. The van der Waals surface area contributed by atoms with Gasteiger partial charge in [-0.25, -0.2) is 9.97 Å². The third kappa shape index (κ3) is 4.58. The van der Waals surface area contributed by atoms with E-state index in [9.17, 15) is 13.2 Å². The Bertz CT molecular complexity index is 1290. The fourth-order valence-corrected chi connectivity index (χ4v) is 4.03. The van der Waals surface area contributed by atoms with Gasteiger partial charge >= 0.3 is 6.18 Å². The first-order valence-corrected chi connectivity index (χ1v) is 10.6. The predicted octanol–water partition coefficient (Wildman–Crippen LogP) is 5.09. The highest BCUT2D eigenvalue weighted by molar-refractivity contribution is 5.80. The quantitative estimate of drug-likeness (QED) is 0.348. The molecule has 1 aliphatic carbocycles. The number of pyridine rings is 2. The number of hydrogen-bond acceptors (Lipinski definition) is 7. The number of hydroxylamine groups is 2. The van der Waals surface area contributed by atoms with Crippen molar-refractivity contribution in [2.45, 2.75) is 37.6 Å². The Morgan fingerprint density at radius 1 is 0.971 bits per heavy atom. The molecule has 176 valence electrons. The van der Waals surface area contributed by atoms with Gasteiger partial charge in [-0.2, -0.15) is 13.2 Å². The largest absolute Gasteiger partial charge is 0.474 e. The average Bonchev–Trinajstić information content (AvgIpc) is 3.46. The molecule has 0 aliphatic heterocycles. The molecule has 8 nitrogen and oxygen atoms in total. The van der Waals surface area contributed by atoms with Gasteiger partial charge in [0, 0.05) is 36.0 Å². The van der Waals surface area contributed by atoms with E-state index < -0.39 is 11.7 Å². The molecule has 34 heavy (non-hydrogen) atoms. The molecule has 4 aromatic rings. The van der Waals surface area contributed by atoms with Crippen molar-refractivity contribution in [1.29, 1.82) is 0 Å². The normalized spacial score (nSPS) is 18.6. The van der Waals surface area contributed by atoms with Gasteiger partial charge in [-0.15, -0.1) is 0 Å². The van der Waals surface area contributed by atoms with E-state index in [1.807, 2.05) is 6.07 Å². The standard InChI is InChI=1S/C23H20F3N5O3/c24-23(25,26)15-3-7-19-20(9-15)30-22(29-19)14-1-6-18(27-12-14)13-2-8-21(28-11-13)34-17-5-4-16(10-17)31(32)33/h1-3,6-9,11-12,16-17,32-33H,4-5,10H2,(H,29,30)/t16-,17+/m1/s1. The average molecular weight is 471 g/mol. The lowest BCUT2D eigenvalue weighted by molar-refractivity contribution is -0.330. The first kappa shape index (κ1) is 22.3. The lowest BCUT2D eigenvalue weighted by atomic mass is 10.1. The van der Waals surface area contributed by atoms with Crippen molar-refractivity contribution in [1.82, 2.24) is 25.2 Å². The molecule has 1 aliphatic rings. The van der Waals surface area contributed by atoms with Gasteiger partial charge in [-0.1, -0.05) is 5.23 Å². The van der Waals surface area contributed by atoms with E-state index in [0.29, 0.717) is 53.3 Å². The summed E-state index contributed by atoms with van der Waals surface area (Å²) in [5.74, 6) is 0.864. The van der Waals surface area contributed by atoms with Gasteiger partial charge < -0.3 is 9.72 Å². The minimum absolute atomic E-state index is 0.140. The molecule has 0 amide bonds. The van der Waals surface area contributed by atoms with Crippen LogP contribution in [0.15, 0.2) is 54.9 Å². The van der Waals surface area contributed by atoms with Crippen LogP contribution >= 0.6 is 0 Å². The second-order valence-corrected chi connectivity index (χ2v) is 8.16. The minimum Gasteiger partial charge on any atom is -0.474 e. The second kappa shape index (κ2) is 8.67. The molecule has 1 saturated carbocycles. The number of aromatic amines is 1. The number of ether oxygens (including phenoxy) is 1. The van der Waals surface area contributed by atoms with Crippen LogP contribution in [0.3, 0.4) is 0 Å². The maximum absolute atomic E-state index is 12.9. The number of nitrogens with one attached hydrogen (secondary N) is 1. The number of H-pyrrole nitrogens is 1. The summed E-state index contributed by atoms with van der Waals surface area (Å²) in [5.41, 5.74) is 2.06. The predicted molar refractivity (Wildman–Crippen MR) is 115 cm³/mol. The Labute approximate surface area is 191 Å². The van der Waals surface area contributed by atoms with Crippen molar-refractivity contribution in [3.63, 3.8) is 0 Å². The van der Waals surface area contributed by atoms with E-state index in [-0.39, 0.29) is 17.4 Å². The number of aromatic nitrogens is 4. The number of benzene rings is 1. The Balaban J connectivity index is 1.29. The van der Waals surface area contributed by atoms with Gasteiger partial charge in [0.2, 0.25) is 5.88 Å². The van der Waals surface area contributed by atoms with Crippen LogP contribution in [0, 0.1) is 0 Å². The van der Waals surface area contributed by atoms with Gasteiger partial charge in [-0.05, 0) is 49.2 Å². The number of rotatable bonds is 5. The van der Waals surface area contributed by atoms with Gasteiger partial charge in [0.1, 0.15) is 11.9 Å². The molecular formula is C23H20F3N5O3. The number of fused-ring (bicyclic) bond motifs is 1. The molecule has 0 spiro atoms. The van der Waals surface area contributed by atoms with Crippen LogP contribution in [0.4, 0.5) is 13.2 Å². The van der Waals surface area contributed by atoms with Crippen molar-refractivity contribution >= 4 is 11.0 Å². The van der Waals surface area contributed by atoms with E-state index in [0.717, 1.165) is 17.7 Å². The van der Waals surface area contributed by atoms with Gasteiger partial charge in [0.05, 0.1) is 28.3 Å². The summed E-state index contributed by atoms with van der Waals surface area (Å²) < 4.78 is 44.7. The zero-order valence-corrected chi connectivity index (χ0v) is 17.7. The summed E-state index contributed by atoms with van der Waals surface area (Å²) >= 11 is 0. The fourth-order valence-electron chi connectivity index (χ4n) is 4.03. The van der Waals surface area contributed by atoms with Crippen molar-refractivity contribution in [3.05, 3.63) is 60.4 Å². The summed E-state index contributed by atoms with van der Waals surface area (Å²) in [6, 6.07) is 10.1. The minimum atomic E-state index is -4.42. The van der Waals surface area contributed by atoms with Crippen molar-refractivity contribution in [3.8, 4) is 28.5 Å². The van der Waals surface area contributed by atoms with Crippen molar-refractivity contribution in [2.75, 3.05) is 0 Å². The molecule has 0 radical (unpaired) electrons. The zero-order chi connectivity index (χ0) is 23.9. The Hall–Kier alpha value is -3.54. The lowest BCUT2D eigenvalue weighted by Gasteiger charge is -2.15. The third-order valence-corrected chi connectivity index (χ3v) is 5.85. The number of halogens is 3. The van der Waals surface area contributed by atoms with Crippen LogP contribution in [0.5, 0.6) is 5.88 Å². The monoisotopic (exact) mass is 471 g/mol. The first-order chi connectivity index (χ1) is 16.3. The number of hydrogen-bond donors (Lipinski definition) is 3. The molecule has 2 atom stereocenters. The number of nitrogens with zero attached hydrogens (tertiary/aromatic N) is 4. The molecule has 0 bridgehead atoms. The molecule has 3 N–H and O–H groups in total. The van der Waals surface area contributed by atoms with Crippen LogP contribution in [0.25, 0.3) is 33.7 Å². The van der Waals surface area contributed by atoms with Gasteiger partial charge in [0.25, 0.3) is 0 Å². The molecule has 1 fully saturated rings. The Kier molecular flexibility index (Phi) is 5.68. The highest BCUT2D eigenvalue weighted by Crippen LogP contribution is 2.32. The Morgan fingerprint density at radius 2 is 1.76 bits per heavy atom. The molecule has 1 aromatic carbocycles. The van der Waals surface area contributed by atoms with Crippen LogP contribution < -0.4 is 4.74 Å². The summed E-state index contributed by atoms with van der Waals surface area (Å²) in [4.78, 5) is 16.0. The highest BCUT2D eigenvalue weighted by atomic mass is 19.4. The van der Waals surface area contributed by atoms with Gasteiger partial charge in [-0.3, -0.25) is 15.4 Å². The van der Waals surface area contributed by atoms with Crippen LogP contribution in [-0.4, -0.2) is 47.7 Å². The fraction of sp³-hybridized carbons (Fsp3) is 0.261. The van der Waals surface area contributed by atoms with Crippen LogP contribution in [-0.2, 0) is 6.18 Å². The van der Waals surface area contributed by atoms with Crippen molar-refractivity contribution in [2.24, 2.45) is 0 Å². The van der Waals surface area contributed by atoms with Crippen molar-refractivity contribution < 1.29 is 28.3 Å². The SMILES string of the molecule is ON(O)[C@@H]1CC[C@H](Oc2ccc(-c3ccc(-c4nc5ccc(C(F)(F)F)cc5[nH]4)cn3)cn2)C1. The second-order valence-electron chi connectivity index (χ2n) is 8.16. The molecule has 3 heterocycles. The summed E-state index contributed by atoms with van der Waals surface area (Å²) in [7, 11) is 0. The van der Waals surface area contributed by atoms with Gasteiger partial charge in [0.15, 0.2) is 0 Å². The van der Waals surface area contributed by atoms with E-state index >= 15 is 0 Å². The third-order valence-electron chi connectivity index (χ3n) is 5.85. The molecule has 5 rings (SSSR count). The summed E-state index contributed by atoms with van der Waals surface area (Å²) in [5, 5.41) is 18.5. The molecule has 0 unspecified atom stereocenters. The Morgan fingerprint density at radius 3 is 2.41 bits per heavy atom. The molecule has 3 aromatic heterocycles. The summed E-state index contributed by atoms with van der Waals surface area (Å²) in [6.45, 7) is 0.